The molecule has 1 saturated carbocycles. The maximum Gasteiger partial charge on any atom is 0.423 e. The van der Waals surface area contributed by atoms with Gasteiger partial charge in [-0.25, -0.2) is 14.6 Å². The van der Waals surface area contributed by atoms with Gasteiger partial charge in [0.05, 0.1) is 0 Å². The third-order valence-electron chi connectivity index (χ3n) is 3.12. The Morgan fingerprint density at radius 1 is 1.41 bits per heavy atom. The second-order valence-corrected chi connectivity index (χ2v) is 4.41. The van der Waals surface area contributed by atoms with Crippen LogP contribution in [0.3, 0.4) is 0 Å². The molecule has 3 rings (SSSR count). The van der Waals surface area contributed by atoms with Crippen LogP contribution < -0.4 is 11.4 Å². The van der Waals surface area contributed by atoms with Gasteiger partial charge in [-0.1, -0.05) is 12.8 Å². The quantitative estimate of drug-likeness (QED) is 0.796. The molecule has 0 atom stereocenters. The summed E-state index contributed by atoms with van der Waals surface area (Å²) in [5.74, 6) is 0.106. The van der Waals surface area contributed by atoms with Crippen molar-refractivity contribution in [1.29, 1.82) is 0 Å². The molecule has 5 nitrogen and oxygen atoms in total. The monoisotopic (exact) mass is 232 g/mol. The first-order valence-electron chi connectivity index (χ1n) is 5.74. The largest absolute Gasteiger partial charge is 0.423 e. The molecule has 0 unspecified atom stereocenters. The van der Waals surface area contributed by atoms with Crippen LogP contribution in [0, 0.1) is 5.92 Å². The zero-order chi connectivity index (χ0) is 11.8. The van der Waals surface area contributed by atoms with E-state index >= 15 is 0 Å². The van der Waals surface area contributed by atoms with Crippen molar-refractivity contribution >= 4 is 11.0 Å². The number of pyridine rings is 1. The summed E-state index contributed by atoms with van der Waals surface area (Å²) in [4.78, 5) is 27.2. The zero-order valence-electron chi connectivity index (χ0n) is 9.26. The third-order valence-corrected chi connectivity index (χ3v) is 3.12. The fraction of sp³-hybridized carbons (Fsp3) is 0.417. The summed E-state index contributed by atoms with van der Waals surface area (Å²) in [5, 5.41) is 0.364. The van der Waals surface area contributed by atoms with Crippen LogP contribution in [0.5, 0.6) is 0 Å². The van der Waals surface area contributed by atoms with Crippen LogP contribution in [-0.4, -0.2) is 9.55 Å². The van der Waals surface area contributed by atoms with Gasteiger partial charge in [0.25, 0.3) is 0 Å². The standard InChI is InChI=1S/C12H12N2O3/c15-11-9-2-1-6-13-10(9)14(12(16)17-11)7-5-8-3-4-8/h1-2,6,8H,3-5,7H2. The van der Waals surface area contributed by atoms with E-state index in [1.807, 2.05) is 0 Å². The maximum absolute atomic E-state index is 11.6. The highest BCUT2D eigenvalue weighted by molar-refractivity contribution is 5.72. The molecule has 0 bridgehead atoms. The highest BCUT2D eigenvalue weighted by atomic mass is 16.4. The summed E-state index contributed by atoms with van der Waals surface area (Å²) in [6, 6.07) is 3.29. The highest BCUT2D eigenvalue weighted by Gasteiger charge is 2.21. The number of hydrogen-bond donors (Lipinski definition) is 0. The van der Waals surface area contributed by atoms with Crippen molar-refractivity contribution in [3.05, 3.63) is 39.3 Å². The zero-order valence-corrected chi connectivity index (χ0v) is 9.26. The third kappa shape index (κ3) is 1.88. The molecule has 2 aromatic heterocycles. The minimum Gasteiger partial charge on any atom is -0.372 e. The number of aromatic nitrogens is 2. The average molecular weight is 232 g/mol. The van der Waals surface area contributed by atoms with E-state index in [0.29, 0.717) is 23.5 Å². The van der Waals surface area contributed by atoms with E-state index in [-0.39, 0.29) is 0 Å². The Kier molecular flexibility index (Phi) is 2.31. The summed E-state index contributed by atoms with van der Waals surface area (Å²) < 4.78 is 6.14. The lowest BCUT2D eigenvalue weighted by atomic mass is 10.3. The lowest BCUT2D eigenvalue weighted by Gasteiger charge is -2.06. The minimum absolute atomic E-state index is 0.364. The number of aryl methyl sites for hydroxylation is 1. The first kappa shape index (κ1) is 10.3. The molecule has 0 radical (unpaired) electrons. The molecule has 0 amide bonds. The highest BCUT2D eigenvalue weighted by Crippen LogP contribution is 2.32. The fourth-order valence-corrected chi connectivity index (χ4v) is 1.96. The first-order chi connectivity index (χ1) is 8.25. The van der Waals surface area contributed by atoms with Crippen molar-refractivity contribution in [2.45, 2.75) is 25.8 Å². The second-order valence-electron chi connectivity index (χ2n) is 4.41. The van der Waals surface area contributed by atoms with Crippen LogP contribution >= 0.6 is 0 Å². The Labute approximate surface area is 96.7 Å². The van der Waals surface area contributed by atoms with Gasteiger partial charge >= 0.3 is 11.4 Å². The average Bonchev–Trinajstić information content (AvgIpc) is 3.13. The fourth-order valence-electron chi connectivity index (χ4n) is 1.96. The number of rotatable bonds is 3. The topological polar surface area (TPSA) is 65.1 Å². The second kappa shape index (κ2) is 3.84. The summed E-state index contributed by atoms with van der Waals surface area (Å²) >= 11 is 0. The Morgan fingerprint density at radius 3 is 3.00 bits per heavy atom. The van der Waals surface area contributed by atoms with Gasteiger partial charge in [-0.2, -0.15) is 0 Å². The van der Waals surface area contributed by atoms with Gasteiger partial charge in [0.15, 0.2) is 5.65 Å². The van der Waals surface area contributed by atoms with Crippen molar-refractivity contribution < 1.29 is 4.42 Å². The van der Waals surface area contributed by atoms with Gasteiger partial charge in [0.1, 0.15) is 5.39 Å². The molecule has 1 fully saturated rings. The SMILES string of the molecule is O=c1oc(=O)n(CCC2CC2)c2ncccc12. The Balaban J connectivity index is 2.14. The van der Waals surface area contributed by atoms with Crippen LogP contribution in [0.2, 0.25) is 0 Å². The van der Waals surface area contributed by atoms with Gasteiger partial charge in [0, 0.05) is 12.7 Å². The van der Waals surface area contributed by atoms with Gasteiger partial charge in [-0.05, 0) is 24.5 Å². The van der Waals surface area contributed by atoms with Crippen molar-refractivity contribution in [3.8, 4) is 0 Å². The lowest BCUT2D eigenvalue weighted by Crippen LogP contribution is -2.26. The van der Waals surface area contributed by atoms with E-state index in [1.54, 1.807) is 18.3 Å². The summed E-state index contributed by atoms with van der Waals surface area (Å²) in [6.07, 6.45) is 4.99. The molecule has 5 heteroatoms. The summed E-state index contributed by atoms with van der Waals surface area (Å²) in [6.45, 7) is 0.570. The molecule has 1 aliphatic rings. The normalized spacial score (nSPS) is 15.3. The molecule has 88 valence electrons. The van der Waals surface area contributed by atoms with Crippen LogP contribution in [-0.2, 0) is 6.54 Å². The van der Waals surface area contributed by atoms with Gasteiger partial charge < -0.3 is 4.42 Å². The van der Waals surface area contributed by atoms with Crippen LogP contribution in [0.1, 0.15) is 19.3 Å². The molecule has 0 saturated heterocycles. The summed E-state index contributed by atoms with van der Waals surface area (Å²) in [5.41, 5.74) is -0.185. The predicted octanol–water partition coefficient (Wildman–Crippen LogP) is 1.15. The summed E-state index contributed by atoms with van der Waals surface area (Å²) in [7, 11) is 0. The number of hydrogen-bond acceptors (Lipinski definition) is 4. The van der Waals surface area contributed by atoms with Crippen molar-refractivity contribution in [2.24, 2.45) is 5.92 Å². The van der Waals surface area contributed by atoms with E-state index in [2.05, 4.69) is 9.40 Å². The van der Waals surface area contributed by atoms with Gasteiger partial charge in [-0.3, -0.25) is 4.57 Å². The number of nitrogens with zero attached hydrogens (tertiary/aromatic N) is 2. The molecule has 0 aliphatic heterocycles. The smallest absolute Gasteiger partial charge is 0.372 e. The molecule has 17 heavy (non-hydrogen) atoms. The van der Waals surface area contributed by atoms with E-state index < -0.39 is 11.4 Å². The lowest BCUT2D eigenvalue weighted by molar-refractivity contribution is 0.407. The van der Waals surface area contributed by atoms with E-state index in [4.69, 9.17) is 0 Å². The first-order valence-corrected chi connectivity index (χ1v) is 5.74. The van der Waals surface area contributed by atoms with E-state index in [9.17, 15) is 9.59 Å². The predicted molar refractivity (Wildman–Crippen MR) is 61.9 cm³/mol. The maximum atomic E-state index is 11.6. The Morgan fingerprint density at radius 2 is 2.24 bits per heavy atom. The molecule has 0 N–H and O–H groups in total. The Bertz CT molecular complexity index is 667. The van der Waals surface area contributed by atoms with Crippen LogP contribution in [0.4, 0.5) is 0 Å². The Hall–Kier alpha value is -1.91. The molecule has 2 aromatic rings. The molecular formula is C12H12N2O3. The molecule has 1 aliphatic carbocycles. The molecule has 0 aromatic carbocycles. The van der Waals surface area contributed by atoms with Crippen molar-refractivity contribution in [3.63, 3.8) is 0 Å². The van der Waals surface area contributed by atoms with Crippen LogP contribution in [0.25, 0.3) is 11.0 Å². The minimum atomic E-state index is -0.610. The van der Waals surface area contributed by atoms with E-state index in [1.165, 1.54) is 17.4 Å². The van der Waals surface area contributed by atoms with Gasteiger partial charge in [-0.15, -0.1) is 0 Å². The van der Waals surface area contributed by atoms with Crippen molar-refractivity contribution in [2.75, 3.05) is 0 Å². The molecular weight excluding hydrogens is 220 g/mol. The molecule has 0 spiro atoms. The molecule has 2 heterocycles. The number of fused-ring (bicyclic) bond motifs is 1. The van der Waals surface area contributed by atoms with E-state index in [0.717, 1.165) is 6.42 Å². The van der Waals surface area contributed by atoms with Crippen molar-refractivity contribution in [1.82, 2.24) is 9.55 Å². The van der Waals surface area contributed by atoms with Gasteiger partial charge in [0.2, 0.25) is 0 Å². The van der Waals surface area contributed by atoms with Crippen LogP contribution in [0.15, 0.2) is 32.3 Å².